The van der Waals surface area contributed by atoms with Crippen LogP contribution in [0.2, 0.25) is 0 Å². The minimum absolute atomic E-state index is 0.108. The van der Waals surface area contributed by atoms with Crippen molar-refractivity contribution in [2.75, 3.05) is 13.2 Å². The standard InChI is InChI=1S/C61H96O6/c1-4-7-10-13-15-17-19-21-23-25-26-27-28-29-30-31-32-33-34-36-37-39-41-43-45-48-51-54-60(63)66-57-58(56-65-59(62)53-50-47-12-9-6-3)67-61(64)55-52-49-46-44-42-40-38-35-24-22-20-18-16-14-11-8-5-2/h7-8,10-11,15-18,21-24,26-27,29-30,32-33,38,40,44,46,58H,4-6,9,12-14,19-20,25,28,31,34-37,39,41-43,45,47-57H2,1-3H3/b10-7-,11-8-,17-15-,18-16-,23-21-,24-22-,27-26-,30-29-,33-32-,40-38-,46-44-. The van der Waals surface area contributed by atoms with Gasteiger partial charge in [0, 0.05) is 19.3 Å². The zero-order valence-electron chi connectivity index (χ0n) is 42.9. The highest BCUT2D eigenvalue weighted by Gasteiger charge is 2.19. The van der Waals surface area contributed by atoms with Gasteiger partial charge in [0.05, 0.1) is 0 Å². The van der Waals surface area contributed by atoms with E-state index in [0.717, 1.165) is 135 Å². The van der Waals surface area contributed by atoms with Crippen molar-refractivity contribution >= 4 is 17.9 Å². The van der Waals surface area contributed by atoms with Crippen LogP contribution < -0.4 is 0 Å². The Kier molecular flexibility index (Phi) is 50.6. The smallest absolute Gasteiger partial charge is 0.306 e. The third kappa shape index (κ3) is 52.4. The molecule has 0 spiro atoms. The Morgan fingerprint density at radius 2 is 0.597 bits per heavy atom. The van der Waals surface area contributed by atoms with Crippen LogP contribution in [0.5, 0.6) is 0 Å². The normalized spacial score (nSPS) is 13.2. The van der Waals surface area contributed by atoms with Gasteiger partial charge in [-0.3, -0.25) is 14.4 Å². The van der Waals surface area contributed by atoms with Crippen molar-refractivity contribution < 1.29 is 28.6 Å². The number of unbranched alkanes of at least 4 members (excludes halogenated alkanes) is 13. The van der Waals surface area contributed by atoms with Crippen molar-refractivity contribution in [3.63, 3.8) is 0 Å². The third-order valence-corrected chi connectivity index (χ3v) is 10.7. The lowest BCUT2D eigenvalue weighted by molar-refractivity contribution is -0.167. The van der Waals surface area contributed by atoms with Crippen LogP contribution in [0.15, 0.2) is 134 Å². The van der Waals surface area contributed by atoms with Crippen LogP contribution in [0.4, 0.5) is 0 Å². The summed E-state index contributed by atoms with van der Waals surface area (Å²) in [5, 5.41) is 0. The second-order valence-corrected chi connectivity index (χ2v) is 17.0. The number of allylic oxidation sites excluding steroid dienone is 22. The molecule has 0 aromatic heterocycles. The molecule has 1 atom stereocenters. The molecule has 6 nitrogen and oxygen atoms in total. The van der Waals surface area contributed by atoms with Gasteiger partial charge in [0.1, 0.15) is 13.2 Å². The number of hydrogen-bond donors (Lipinski definition) is 0. The minimum atomic E-state index is -0.812. The molecule has 0 heterocycles. The first-order valence-electron chi connectivity index (χ1n) is 26.7. The van der Waals surface area contributed by atoms with Crippen molar-refractivity contribution in [1.29, 1.82) is 0 Å². The molecule has 0 fully saturated rings. The van der Waals surface area contributed by atoms with Gasteiger partial charge >= 0.3 is 17.9 Å². The summed E-state index contributed by atoms with van der Waals surface area (Å²) in [6, 6.07) is 0. The summed E-state index contributed by atoms with van der Waals surface area (Å²) in [6.07, 6.45) is 76.3. The van der Waals surface area contributed by atoms with Crippen molar-refractivity contribution in [2.24, 2.45) is 0 Å². The lowest BCUT2D eigenvalue weighted by Gasteiger charge is -2.18. The molecule has 376 valence electrons. The fraction of sp³-hybridized carbons (Fsp3) is 0.590. The van der Waals surface area contributed by atoms with E-state index in [1.165, 1.54) is 32.1 Å². The molecule has 0 amide bonds. The Morgan fingerprint density at radius 3 is 0.955 bits per heavy atom. The second kappa shape index (κ2) is 54.2. The number of rotatable bonds is 46. The molecule has 1 unspecified atom stereocenters. The van der Waals surface area contributed by atoms with Crippen LogP contribution >= 0.6 is 0 Å². The Balaban J connectivity index is 4.23. The molecule has 0 saturated heterocycles. The van der Waals surface area contributed by atoms with Gasteiger partial charge in [0.2, 0.25) is 0 Å². The molecule has 0 saturated carbocycles. The zero-order chi connectivity index (χ0) is 48.6. The molecule has 67 heavy (non-hydrogen) atoms. The number of esters is 3. The van der Waals surface area contributed by atoms with E-state index in [1.807, 2.05) is 0 Å². The van der Waals surface area contributed by atoms with E-state index in [-0.39, 0.29) is 37.5 Å². The first kappa shape index (κ1) is 62.5. The average Bonchev–Trinajstić information content (AvgIpc) is 3.33. The van der Waals surface area contributed by atoms with Crippen molar-refractivity contribution in [1.82, 2.24) is 0 Å². The first-order valence-corrected chi connectivity index (χ1v) is 26.7. The largest absolute Gasteiger partial charge is 0.462 e. The summed E-state index contributed by atoms with van der Waals surface area (Å²) >= 11 is 0. The highest BCUT2D eigenvalue weighted by Crippen LogP contribution is 2.13. The molecule has 0 aliphatic heterocycles. The highest BCUT2D eigenvalue weighted by atomic mass is 16.6. The summed E-state index contributed by atoms with van der Waals surface area (Å²) in [4.78, 5) is 37.7. The molecule has 0 aromatic carbocycles. The lowest BCUT2D eigenvalue weighted by atomic mass is 10.1. The molecule has 0 rings (SSSR count). The summed E-state index contributed by atoms with van der Waals surface area (Å²) in [6.45, 7) is 6.25. The molecule has 0 aromatic rings. The van der Waals surface area contributed by atoms with Crippen LogP contribution in [0.3, 0.4) is 0 Å². The quantitative estimate of drug-likeness (QED) is 0.0262. The van der Waals surface area contributed by atoms with Crippen molar-refractivity contribution in [2.45, 2.75) is 219 Å². The molecule has 0 bridgehead atoms. The van der Waals surface area contributed by atoms with E-state index in [9.17, 15) is 14.4 Å². The number of carbonyl (C=O) groups excluding carboxylic acids is 3. The third-order valence-electron chi connectivity index (χ3n) is 10.7. The van der Waals surface area contributed by atoms with Gasteiger partial charge in [0.25, 0.3) is 0 Å². The summed E-state index contributed by atoms with van der Waals surface area (Å²) in [5.41, 5.74) is 0. The average molecular weight is 925 g/mol. The predicted octanol–water partition coefficient (Wildman–Crippen LogP) is 17.9. The van der Waals surface area contributed by atoms with Crippen LogP contribution in [0.25, 0.3) is 0 Å². The van der Waals surface area contributed by atoms with Crippen LogP contribution in [-0.2, 0) is 28.6 Å². The number of hydrogen-bond acceptors (Lipinski definition) is 6. The van der Waals surface area contributed by atoms with Crippen molar-refractivity contribution in [3.05, 3.63) is 134 Å². The Bertz CT molecular complexity index is 1480. The van der Waals surface area contributed by atoms with Gasteiger partial charge < -0.3 is 14.2 Å². The molecular formula is C61H96O6. The minimum Gasteiger partial charge on any atom is -0.462 e. The topological polar surface area (TPSA) is 78.9 Å². The summed E-state index contributed by atoms with van der Waals surface area (Å²) in [5.74, 6) is -0.999. The Hall–Kier alpha value is -4.45. The van der Waals surface area contributed by atoms with Gasteiger partial charge in [-0.25, -0.2) is 0 Å². The highest BCUT2D eigenvalue weighted by molar-refractivity contribution is 5.71. The number of ether oxygens (including phenoxy) is 3. The van der Waals surface area contributed by atoms with E-state index in [4.69, 9.17) is 14.2 Å². The fourth-order valence-corrected chi connectivity index (χ4v) is 6.71. The van der Waals surface area contributed by atoms with Crippen LogP contribution in [0, 0.1) is 0 Å². The molecule has 0 aliphatic carbocycles. The molecule has 0 aliphatic rings. The van der Waals surface area contributed by atoms with E-state index >= 15 is 0 Å². The maximum absolute atomic E-state index is 12.7. The van der Waals surface area contributed by atoms with Gasteiger partial charge in [-0.15, -0.1) is 0 Å². The van der Waals surface area contributed by atoms with Crippen molar-refractivity contribution in [3.8, 4) is 0 Å². The fourth-order valence-electron chi connectivity index (χ4n) is 6.71. The molecule has 0 N–H and O–H groups in total. The summed E-state index contributed by atoms with van der Waals surface area (Å²) < 4.78 is 16.6. The maximum Gasteiger partial charge on any atom is 0.306 e. The van der Waals surface area contributed by atoms with Gasteiger partial charge in [0.15, 0.2) is 6.10 Å². The predicted molar refractivity (Wildman–Crippen MR) is 288 cm³/mol. The second-order valence-electron chi connectivity index (χ2n) is 17.0. The van der Waals surface area contributed by atoms with Gasteiger partial charge in [-0.2, -0.15) is 0 Å². The molecule has 0 radical (unpaired) electrons. The first-order chi connectivity index (χ1) is 33.0. The SMILES string of the molecule is CC/C=C\C/C=C\C/C=C\C/C=C\C/C=C\C/C=C\CCCCCCCCCCC(=O)OCC(COC(=O)CCCCCCC)OC(=O)CCC/C=C\C/C=C\C/C=C\C/C=C\C/C=C\CC. The lowest BCUT2D eigenvalue weighted by Crippen LogP contribution is -2.30. The van der Waals surface area contributed by atoms with Crippen LogP contribution in [0.1, 0.15) is 213 Å². The summed E-state index contributed by atoms with van der Waals surface area (Å²) in [7, 11) is 0. The maximum atomic E-state index is 12.7. The van der Waals surface area contributed by atoms with E-state index in [1.54, 1.807) is 0 Å². The van der Waals surface area contributed by atoms with E-state index in [2.05, 4.69) is 154 Å². The Morgan fingerprint density at radius 1 is 0.313 bits per heavy atom. The van der Waals surface area contributed by atoms with E-state index < -0.39 is 6.10 Å². The monoisotopic (exact) mass is 925 g/mol. The molecule has 6 heteroatoms. The van der Waals surface area contributed by atoms with Gasteiger partial charge in [-0.1, -0.05) is 219 Å². The number of carbonyl (C=O) groups is 3. The molecular weight excluding hydrogens is 829 g/mol. The van der Waals surface area contributed by atoms with Crippen LogP contribution in [-0.4, -0.2) is 37.2 Å². The van der Waals surface area contributed by atoms with E-state index in [0.29, 0.717) is 19.3 Å². The zero-order valence-corrected chi connectivity index (χ0v) is 42.9. The van der Waals surface area contributed by atoms with Gasteiger partial charge in [-0.05, 0) is 109 Å². The Labute approximate surface area is 411 Å².